The van der Waals surface area contributed by atoms with Crippen molar-refractivity contribution < 1.29 is 14.7 Å². The van der Waals surface area contributed by atoms with Crippen molar-refractivity contribution in [3.05, 3.63) is 0 Å². The molecule has 1 aliphatic heterocycles. The fourth-order valence-electron chi connectivity index (χ4n) is 3.78. The summed E-state index contributed by atoms with van der Waals surface area (Å²) in [7, 11) is 0. The van der Waals surface area contributed by atoms with E-state index in [1.807, 2.05) is 0 Å². The van der Waals surface area contributed by atoms with Gasteiger partial charge in [0.25, 0.3) is 0 Å². The van der Waals surface area contributed by atoms with Gasteiger partial charge in [0.1, 0.15) is 6.04 Å². The lowest BCUT2D eigenvalue weighted by Gasteiger charge is -2.47. The molecule has 1 amide bonds. The molecule has 5 heteroatoms. The van der Waals surface area contributed by atoms with Gasteiger partial charge in [-0.15, -0.1) is 0 Å². The Morgan fingerprint density at radius 1 is 1.25 bits per heavy atom. The molecule has 0 aromatic heterocycles. The fourth-order valence-corrected chi connectivity index (χ4v) is 3.78. The molecule has 0 radical (unpaired) electrons. The number of nitrogens with zero attached hydrogens (tertiary/aromatic N) is 1. The van der Waals surface area contributed by atoms with Crippen molar-refractivity contribution in [1.29, 1.82) is 0 Å². The Kier molecular flexibility index (Phi) is 4.09. The van der Waals surface area contributed by atoms with Crippen LogP contribution in [0.1, 0.15) is 46.5 Å². The second kappa shape index (κ2) is 5.35. The highest BCUT2D eigenvalue weighted by molar-refractivity contribution is 5.86. The SMILES string of the molecule is CC1C(N)CCC(C(=O)N2CCCC2C(=O)O)C1(C)C. The second-order valence-electron chi connectivity index (χ2n) is 6.93. The van der Waals surface area contributed by atoms with Gasteiger partial charge in [-0.2, -0.15) is 0 Å². The van der Waals surface area contributed by atoms with E-state index in [1.165, 1.54) is 0 Å². The standard InChI is InChI=1S/C15H26N2O3/c1-9-11(16)7-6-10(15(9,2)3)13(18)17-8-4-5-12(17)14(19)20/h9-12H,4-8,16H2,1-3H3,(H,19,20). The lowest BCUT2D eigenvalue weighted by Crippen LogP contribution is -2.54. The summed E-state index contributed by atoms with van der Waals surface area (Å²) < 4.78 is 0. The zero-order chi connectivity index (χ0) is 15.1. The van der Waals surface area contributed by atoms with Crippen molar-refractivity contribution in [2.45, 2.75) is 58.5 Å². The monoisotopic (exact) mass is 282 g/mol. The number of amides is 1. The largest absolute Gasteiger partial charge is 0.480 e. The van der Waals surface area contributed by atoms with Crippen LogP contribution in [-0.4, -0.2) is 40.5 Å². The van der Waals surface area contributed by atoms with E-state index in [2.05, 4.69) is 20.8 Å². The minimum atomic E-state index is -0.880. The van der Waals surface area contributed by atoms with Crippen molar-refractivity contribution in [2.24, 2.45) is 23.0 Å². The van der Waals surface area contributed by atoms with Crippen LogP contribution in [0.25, 0.3) is 0 Å². The molecular weight excluding hydrogens is 256 g/mol. The molecule has 3 N–H and O–H groups in total. The molecule has 5 nitrogen and oxygen atoms in total. The molecule has 0 bridgehead atoms. The van der Waals surface area contributed by atoms with Crippen LogP contribution in [0.3, 0.4) is 0 Å². The predicted molar refractivity (Wildman–Crippen MR) is 76.0 cm³/mol. The van der Waals surface area contributed by atoms with Crippen LogP contribution in [0, 0.1) is 17.3 Å². The van der Waals surface area contributed by atoms with Crippen molar-refractivity contribution in [2.75, 3.05) is 6.54 Å². The molecule has 2 aliphatic rings. The van der Waals surface area contributed by atoms with Gasteiger partial charge in [-0.05, 0) is 37.0 Å². The van der Waals surface area contributed by atoms with Crippen LogP contribution in [-0.2, 0) is 9.59 Å². The normalized spacial score (nSPS) is 36.9. The molecule has 0 aromatic carbocycles. The summed E-state index contributed by atoms with van der Waals surface area (Å²) in [4.78, 5) is 25.6. The molecule has 4 atom stereocenters. The number of likely N-dealkylation sites (tertiary alicyclic amines) is 1. The number of carbonyl (C=O) groups is 2. The van der Waals surface area contributed by atoms with Gasteiger partial charge in [0, 0.05) is 18.5 Å². The molecule has 1 saturated heterocycles. The summed E-state index contributed by atoms with van der Waals surface area (Å²) in [5.41, 5.74) is 5.95. The molecule has 20 heavy (non-hydrogen) atoms. The molecule has 0 spiro atoms. The third-order valence-electron chi connectivity index (χ3n) is 5.62. The molecule has 2 fully saturated rings. The lowest BCUT2D eigenvalue weighted by molar-refractivity contribution is -0.153. The summed E-state index contributed by atoms with van der Waals surface area (Å²) in [6.07, 6.45) is 2.96. The first kappa shape index (κ1) is 15.3. The number of carbonyl (C=O) groups excluding carboxylic acids is 1. The Labute approximate surface area is 120 Å². The summed E-state index contributed by atoms with van der Waals surface area (Å²) in [5.74, 6) is -0.721. The number of carboxylic acid groups (broad SMARTS) is 1. The van der Waals surface area contributed by atoms with Crippen LogP contribution < -0.4 is 5.73 Å². The molecule has 0 aromatic rings. The van der Waals surface area contributed by atoms with E-state index < -0.39 is 12.0 Å². The van der Waals surface area contributed by atoms with Crippen LogP contribution in [0.5, 0.6) is 0 Å². The summed E-state index contributed by atoms with van der Waals surface area (Å²) in [6.45, 7) is 6.85. The highest BCUT2D eigenvalue weighted by Crippen LogP contribution is 2.45. The number of hydrogen-bond donors (Lipinski definition) is 2. The summed E-state index contributed by atoms with van der Waals surface area (Å²) in [5, 5.41) is 9.24. The number of rotatable bonds is 2. The summed E-state index contributed by atoms with van der Waals surface area (Å²) in [6, 6.07) is -0.507. The average molecular weight is 282 g/mol. The van der Waals surface area contributed by atoms with Crippen molar-refractivity contribution in [3.63, 3.8) is 0 Å². The maximum Gasteiger partial charge on any atom is 0.326 e. The Hall–Kier alpha value is -1.10. The molecular formula is C15H26N2O3. The van der Waals surface area contributed by atoms with E-state index in [9.17, 15) is 14.7 Å². The molecule has 1 heterocycles. The van der Waals surface area contributed by atoms with Gasteiger partial charge in [-0.3, -0.25) is 4.79 Å². The van der Waals surface area contributed by atoms with E-state index in [4.69, 9.17) is 5.73 Å². The van der Waals surface area contributed by atoms with E-state index in [-0.39, 0.29) is 29.2 Å². The van der Waals surface area contributed by atoms with Crippen LogP contribution in [0.4, 0.5) is 0 Å². The first-order valence-electron chi connectivity index (χ1n) is 7.55. The van der Waals surface area contributed by atoms with Gasteiger partial charge in [-0.25, -0.2) is 4.79 Å². The number of nitrogens with two attached hydrogens (primary N) is 1. The van der Waals surface area contributed by atoms with E-state index in [1.54, 1.807) is 4.90 Å². The zero-order valence-electron chi connectivity index (χ0n) is 12.6. The van der Waals surface area contributed by atoms with Gasteiger partial charge < -0.3 is 15.7 Å². The minimum Gasteiger partial charge on any atom is -0.480 e. The first-order valence-corrected chi connectivity index (χ1v) is 7.55. The molecule has 1 aliphatic carbocycles. The van der Waals surface area contributed by atoms with Gasteiger partial charge >= 0.3 is 5.97 Å². The molecule has 2 rings (SSSR count). The number of carboxylic acids is 1. The van der Waals surface area contributed by atoms with Gasteiger partial charge in [-0.1, -0.05) is 20.8 Å². The molecule has 1 saturated carbocycles. The maximum atomic E-state index is 12.8. The topological polar surface area (TPSA) is 83.6 Å². The smallest absolute Gasteiger partial charge is 0.326 e. The Morgan fingerprint density at radius 3 is 2.50 bits per heavy atom. The highest BCUT2D eigenvalue weighted by Gasteiger charge is 2.48. The van der Waals surface area contributed by atoms with Crippen LogP contribution in [0.15, 0.2) is 0 Å². The third-order valence-corrected chi connectivity index (χ3v) is 5.62. The Morgan fingerprint density at radius 2 is 1.90 bits per heavy atom. The van der Waals surface area contributed by atoms with E-state index in [0.29, 0.717) is 13.0 Å². The molecule has 4 unspecified atom stereocenters. The summed E-state index contributed by atoms with van der Waals surface area (Å²) >= 11 is 0. The zero-order valence-corrected chi connectivity index (χ0v) is 12.6. The van der Waals surface area contributed by atoms with Gasteiger partial charge in [0.05, 0.1) is 0 Å². The third kappa shape index (κ3) is 2.43. The lowest BCUT2D eigenvalue weighted by atomic mass is 9.60. The quantitative estimate of drug-likeness (QED) is 0.803. The van der Waals surface area contributed by atoms with Gasteiger partial charge in [0.15, 0.2) is 0 Å². The van der Waals surface area contributed by atoms with Gasteiger partial charge in [0.2, 0.25) is 5.91 Å². The molecule has 114 valence electrons. The Bertz CT molecular complexity index is 408. The number of hydrogen-bond acceptors (Lipinski definition) is 3. The van der Waals surface area contributed by atoms with E-state index in [0.717, 1.165) is 19.3 Å². The Balaban J connectivity index is 2.18. The van der Waals surface area contributed by atoms with E-state index >= 15 is 0 Å². The second-order valence-corrected chi connectivity index (χ2v) is 6.93. The maximum absolute atomic E-state index is 12.8. The fraction of sp³-hybridized carbons (Fsp3) is 0.867. The average Bonchev–Trinajstić information content (AvgIpc) is 2.85. The number of aliphatic carboxylic acids is 1. The van der Waals surface area contributed by atoms with Crippen molar-refractivity contribution in [1.82, 2.24) is 4.90 Å². The van der Waals surface area contributed by atoms with Crippen LogP contribution in [0.2, 0.25) is 0 Å². The van der Waals surface area contributed by atoms with Crippen molar-refractivity contribution in [3.8, 4) is 0 Å². The first-order chi connectivity index (χ1) is 9.26. The highest BCUT2D eigenvalue weighted by atomic mass is 16.4. The van der Waals surface area contributed by atoms with Crippen LogP contribution >= 0.6 is 0 Å². The van der Waals surface area contributed by atoms with Crippen molar-refractivity contribution >= 4 is 11.9 Å². The predicted octanol–water partition coefficient (Wildman–Crippen LogP) is 1.46. The minimum absolute atomic E-state index is 0.0126.